The summed E-state index contributed by atoms with van der Waals surface area (Å²) < 4.78 is 26.0. The monoisotopic (exact) mass is 268 g/mol. The summed E-state index contributed by atoms with van der Waals surface area (Å²) in [5, 5.41) is 4.05. The maximum absolute atomic E-state index is 13.1. The zero-order valence-corrected chi connectivity index (χ0v) is 10.7. The summed E-state index contributed by atoms with van der Waals surface area (Å²) in [6.07, 6.45) is 0.519. The average Bonchev–Trinajstić information content (AvgIpc) is 2.77. The minimum absolute atomic E-state index is 0.0962. The molecule has 0 spiro atoms. The second kappa shape index (κ2) is 5.56. The maximum Gasteiger partial charge on any atom is 0.159 e. The second-order valence-electron chi connectivity index (χ2n) is 4.18. The molecule has 1 heterocycles. The van der Waals surface area contributed by atoms with Gasteiger partial charge in [0.1, 0.15) is 0 Å². The molecule has 2 aromatic rings. The Morgan fingerprint density at radius 2 is 2.06 bits per heavy atom. The molecule has 0 bridgehead atoms. The molecule has 0 fully saturated rings. The Bertz CT molecular complexity index is 540. The van der Waals surface area contributed by atoms with E-state index in [-0.39, 0.29) is 6.04 Å². The van der Waals surface area contributed by atoms with Crippen molar-refractivity contribution in [1.82, 2.24) is 5.43 Å². The topological polar surface area (TPSA) is 38.0 Å². The molecule has 1 unspecified atom stereocenters. The van der Waals surface area contributed by atoms with Crippen molar-refractivity contribution < 1.29 is 8.78 Å². The van der Waals surface area contributed by atoms with E-state index in [4.69, 9.17) is 5.84 Å². The minimum Gasteiger partial charge on any atom is -0.271 e. The van der Waals surface area contributed by atoms with Crippen molar-refractivity contribution in [3.05, 3.63) is 57.3 Å². The highest BCUT2D eigenvalue weighted by molar-refractivity contribution is 7.08. The zero-order chi connectivity index (χ0) is 13.1. The molecule has 2 nitrogen and oxygen atoms in total. The summed E-state index contributed by atoms with van der Waals surface area (Å²) >= 11 is 1.60. The predicted octanol–water partition coefficient (Wildman–Crippen LogP) is 3.08. The number of hydrogen-bond donors (Lipinski definition) is 2. The van der Waals surface area contributed by atoms with Crippen LogP contribution in [0.2, 0.25) is 0 Å². The zero-order valence-electron chi connectivity index (χ0n) is 9.91. The Morgan fingerprint density at radius 1 is 1.28 bits per heavy atom. The molecule has 18 heavy (non-hydrogen) atoms. The lowest BCUT2D eigenvalue weighted by Gasteiger charge is -2.16. The molecular weight excluding hydrogens is 254 g/mol. The van der Waals surface area contributed by atoms with Crippen LogP contribution in [-0.4, -0.2) is 0 Å². The Labute approximate surface area is 108 Å². The molecule has 96 valence electrons. The fourth-order valence-corrected chi connectivity index (χ4v) is 2.79. The van der Waals surface area contributed by atoms with E-state index < -0.39 is 11.6 Å². The first-order valence-electron chi connectivity index (χ1n) is 5.54. The molecule has 3 N–H and O–H groups in total. The number of benzene rings is 1. The molecule has 0 aliphatic carbocycles. The molecule has 1 atom stereocenters. The van der Waals surface area contributed by atoms with Gasteiger partial charge in [0.25, 0.3) is 0 Å². The number of halogens is 2. The normalized spacial score (nSPS) is 12.7. The van der Waals surface area contributed by atoms with Crippen molar-refractivity contribution in [3.8, 4) is 0 Å². The van der Waals surface area contributed by atoms with Gasteiger partial charge in [0.05, 0.1) is 6.04 Å². The molecule has 0 amide bonds. The van der Waals surface area contributed by atoms with Crippen molar-refractivity contribution in [3.63, 3.8) is 0 Å². The van der Waals surface area contributed by atoms with Crippen LogP contribution in [-0.2, 0) is 6.42 Å². The van der Waals surface area contributed by atoms with Gasteiger partial charge in [-0.1, -0.05) is 6.07 Å². The first-order valence-corrected chi connectivity index (χ1v) is 6.49. The van der Waals surface area contributed by atoms with Crippen molar-refractivity contribution >= 4 is 11.3 Å². The highest BCUT2D eigenvalue weighted by atomic mass is 32.1. The second-order valence-corrected chi connectivity index (χ2v) is 4.93. The fourth-order valence-electron chi connectivity index (χ4n) is 1.89. The Kier molecular flexibility index (Phi) is 4.06. The molecule has 0 aliphatic rings. The van der Waals surface area contributed by atoms with E-state index in [0.717, 1.165) is 17.2 Å². The van der Waals surface area contributed by atoms with Gasteiger partial charge in [-0.2, -0.15) is 11.3 Å². The lowest BCUT2D eigenvalue weighted by atomic mass is 9.99. The van der Waals surface area contributed by atoms with Gasteiger partial charge in [-0.05, 0) is 52.9 Å². The lowest BCUT2D eigenvalue weighted by Crippen LogP contribution is -2.29. The van der Waals surface area contributed by atoms with Gasteiger partial charge in [0.2, 0.25) is 0 Å². The van der Waals surface area contributed by atoms with E-state index >= 15 is 0 Å². The van der Waals surface area contributed by atoms with Crippen molar-refractivity contribution in [1.29, 1.82) is 0 Å². The van der Waals surface area contributed by atoms with E-state index in [2.05, 4.69) is 5.43 Å². The third kappa shape index (κ3) is 2.75. The molecule has 0 aliphatic heterocycles. The van der Waals surface area contributed by atoms with Crippen molar-refractivity contribution in [2.45, 2.75) is 19.4 Å². The summed E-state index contributed by atoms with van der Waals surface area (Å²) in [4.78, 5) is 0. The quantitative estimate of drug-likeness (QED) is 0.660. The summed E-state index contributed by atoms with van der Waals surface area (Å²) in [6.45, 7) is 2.00. The van der Waals surface area contributed by atoms with Gasteiger partial charge in [-0.25, -0.2) is 8.78 Å². The van der Waals surface area contributed by atoms with E-state index in [1.54, 1.807) is 17.4 Å². The first kappa shape index (κ1) is 13.1. The van der Waals surface area contributed by atoms with Gasteiger partial charge >= 0.3 is 0 Å². The Hall–Kier alpha value is -1.30. The van der Waals surface area contributed by atoms with Crippen LogP contribution in [0.4, 0.5) is 8.78 Å². The van der Waals surface area contributed by atoms with E-state index in [0.29, 0.717) is 12.0 Å². The first-order chi connectivity index (χ1) is 8.61. The molecule has 5 heteroatoms. The maximum atomic E-state index is 13.1. The van der Waals surface area contributed by atoms with Gasteiger partial charge in [-0.3, -0.25) is 11.3 Å². The van der Waals surface area contributed by atoms with Crippen molar-refractivity contribution in [2.24, 2.45) is 5.84 Å². The number of hydrazine groups is 1. The largest absolute Gasteiger partial charge is 0.271 e. The molecule has 1 aromatic carbocycles. The molecular formula is C13H14F2N2S. The third-order valence-corrected chi connectivity index (χ3v) is 3.78. The lowest BCUT2D eigenvalue weighted by molar-refractivity contribution is 0.502. The summed E-state index contributed by atoms with van der Waals surface area (Å²) in [5.74, 6) is 3.88. The van der Waals surface area contributed by atoms with Crippen LogP contribution in [0.25, 0.3) is 0 Å². The summed E-state index contributed by atoms with van der Waals surface area (Å²) in [7, 11) is 0. The fraction of sp³-hybridized carbons (Fsp3) is 0.231. The van der Waals surface area contributed by atoms with Crippen LogP contribution in [0.5, 0.6) is 0 Å². The van der Waals surface area contributed by atoms with Crippen LogP contribution in [0.15, 0.2) is 29.0 Å². The number of thiophene rings is 1. The van der Waals surface area contributed by atoms with Crippen molar-refractivity contribution in [2.75, 3.05) is 0 Å². The van der Waals surface area contributed by atoms with Crippen LogP contribution < -0.4 is 11.3 Å². The van der Waals surface area contributed by atoms with Crippen LogP contribution in [0, 0.1) is 18.6 Å². The third-order valence-electron chi connectivity index (χ3n) is 2.90. The van der Waals surface area contributed by atoms with Gasteiger partial charge in [0, 0.05) is 0 Å². The molecule has 0 radical (unpaired) electrons. The highest BCUT2D eigenvalue weighted by Crippen LogP contribution is 2.24. The van der Waals surface area contributed by atoms with Crippen LogP contribution in [0.1, 0.15) is 22.7 Å². The number of nitrogens with two attached hydrogens (primary N) is 1. The number of hydrogen-bond acceptors (Lipinski definition) is 3. The van der Waals surface area contributed by atoms with Crippen LogP contribution >= 0.6 is 11.3 Å². The average molecular weight is 268 g/mol. The number of aryl methyl sites for hydroxylation is 1. The summed E-state index contributed by atoms with van der Waals surface area (Å²) in [5.41, 5.74) is 5.66. The molecule has 0 saturated carbocycles. The molecule has 2 rings (SSSR count). The smallest absolute Gasteiger partial charge is 0.159 e. The standard InChI is InChI=1S/C13H14F2N2S/c1-8-6-18-7-10(8)13(17-16)5-9-2-3-11(14)12(15)4-9/h2-4,6-7,13,17H,5,16H2,1H3. The predicted molar refractivity (Wildman–Crippen MR) is 69.2 cm³/mol. The minimum atomic E-state index is -0.831. The Morgan fingerprint density at radius 3 is 2.61 bits per heavy atom. The Balaban J connectivity index is 2.20. The van der Waals surface area contributed by atoms with Gasteiger partial charge in [-0.15, -0.1) is 0 Å². The van der Waals surface area contributed by atoms with Crippen LogP contribution in [0.3, 0.4) is 0 Å². The van der Waals surface area contributed by atoms with E-state index in [1.807, 2.05) is 17.7 Å². The molecule has 1 aromatic heterocycles. The van der Waals surface area contributed by atoms with Gasteiger partial charge < -0.3 is 0 Å². The number of rotatable bonds is 4. The number of nitrogens with one attached hydrogen (secondary N) is 1. The highest BCUT2D eigenvalue weighted by Gasteiger charge is 2.14. The van der Waals surface area contributed by atoms with E-state index in [9.17, 15) is 8.78 Å². The van der Waals surface area contributed by atoms with E-state index in [1.165, 1.54) is 6.07 Å². The molecule has 0 saturated heterocycles. The SMILES string of the molecule is Cc1cscc1C(Cc1ccc(F)c(F)c1)NN. The van der Waals surface area contributed by atoms with Gasteiger partial charge in [0.15, 0.2) is 11.6 Å². The summed E-state index contributed by atoms with van der Waals surface area (Å²) in [6, 6.07) is 3.82.